The number of nitrogens with zero attached hydrogens (tertiary/aromatic N) is 2. The topological polar surface area (TPSA) is 25.8 Å². The summed E-state index contributed by atoms with van der Waals surface area (Å²) in [6, 6.07) is 4.64. The summed E-state index contributed by atoms with van der Waals surface area (Å²) in [7, 11) is 0. The van der Waals surface area contributed by atoms with Crippen LogP contribution in [0.4, 0.5) is 4.39 Å². The molecule has 110 valence electrons. The molecule has 1 saturated carbocycles. The Kier molecular flexibility index (Phi) is 4.27. The molecular weight excluding hydrogens is 355 g/mol. The Morgan fingerprint density at radius 3 is 2.67 bits per heavy atom. The molecule has 3 rings (SSSR count). The minimum Gasteiger partial charge on any atom is -0.231 e. The number of hydrogen-bond donors (Lipinski definition) is 0. The number of aryl methyl sites for hydroxylation is 1. The molecule has 1 heterocycles. The summed E-state index contributed by atoms with van der Waals surface area (Å²) in [5.74, 6) is 0.621. The fourth-order valence-corrected chi connectivity index (χ4v) is 3.54. The zero-order valence-corrected chi connectivity index (χ0v) is 14.0. The molecule has 0 spiro atoms. The molecule has 1 fully saturated rings. The highest BCUT2D eigenvalue weighted by Gasteiger charge is 2.24. The minimum atomic E-state index is -0.291. The Hall–Kier alpha value is -1.00. The Balaban J connectivity index is 2.13. The van der Waals surface area contributed by atoms with E-state index in [0.29, 0.717) is 22.5 Å². The molecule has 1 aromatic heterocycles. The van der Waals surface area contributed by atoms with Gasteiger partial charge in [0.1, 0.15) is 11.0 Å². The monoisotopic (exact) mass is 368 g/mol. The van der Waals surface area contributed by atoms with Gasteiger partial charge >= 0.3 is 0 Å². The lowest BCUT2D eigenvalue weighted by molar-refractivity contribution is 0.627. The first-order valence-corrected chi connectivity index (χ1v) is 8.23. The highest BCUT2D eigenvalue weighted by Crippen LogP contribution is 2.39. The summed E-state index contributed by atoms with van der Waals surface area (Å²) in [5.41, 5.74) is 2.59. The van der Waals surface area contributed by atoms with Gasteiger partial charge in [-0.1, -0.05) is 30.5 Å². The van der Waals surface area contributed by atoms with Crippen LogP contribution in [0.25, 0.3) is 11.4 Å². The lowest BCUT2D eigenvalue weighted by Crippen LogP contribution is -2.03. The van der Waals surface area contributed by atoms with Gasteiger partial charge < -0.3 is 0 Å². The van der Waals surface area contributed by atoms with Crippen LogP contribution in [0.2, 0.25) is 5.15 Å². The van der Waals surface area contributed by atoms with Crippen molar-refractivity contribution in [3.8, 4) is 11.4 Å². The molecule has 0 N–H and O–H groups in total. The fourth-order valence-electron chi connectivity index (χ4n) is 2.86. The van der Waals surface area contributed by atoms with Crippen LogP contribution in [0.15, 0.2) is 22.7 Å². The second-order valence-electron chi connectivity index (χ2n) is 5.48. The second-order valence-corrected chi connectivity index (χ2v) is 6.63. The molecule has 0 bridgehead atoms. The lowest BCUT2D eigenvalue weighted by Gasteiger charge is -2.14. The smallest absolute Gasteiger partial charge is 0.161 e. The van der Waals surface area contributed by atoms with Crippen LogP contribution in [-0.2, 0) is 0 Å². The Labute approximate surface area is 136 Å². The van der Waals surface area contributed by atoms with Crippen LogP contribution in [0.5, 0.6) is 0 Å². The maximum Gasteiger partial charge on any atom is 0.161 e. The van der Waals surface area contributed by atoms with Gasteiger partial charge in [-0.25, -0.2) is 14.4 Å². The van der Waals surface area contributed by atoms with Gasteiger partial charge in [0.05, 0.1) is 10.2 Å². The van der Waals surface area contributed by atoms with Crippen LogP contribution in [0, 0.1) is 12.7 Å². The van der Waals surface area contributed by atoms with E-state index in [1.807, 2.05) is 6.92 Å². The molecule has 5 heteroatoms. The third kappa shape index (κ3) is 2.97. The van der Waals surface area contributed by atoms with Gasteiger partial charge in [-0.3, -0.25) is 0 Å². The van der Waals surface area contributed by atoms with E-state index in [9.17, 15) is 4.39 Å². The van der Waals surface area contributed by atoms with E-state index in [1.54, 1.807) is 6.07 Å². The molecule has 0 aliphatic heterocycles. The number of hydrogen-bond acceptors (Lipinski definition) is 2. The van der Waals surface area contributed by atoms with Gasteiger partial charge in [0, 0.05) is 11.5 Å². The quantitative estimate of drug-likeness (QED) is 0.638. The summed E-state index contributed by atoms with van der Waals surface area (Å²) in [4.78, 5) is 9.00. The number of halogens is 3. The molecule has 2 aromatic rings. The molecule has 1 aromatic carbocycles. The predicted octanol–water partition coefficient (Wildman–Crippen LogP) is 5.66. The van der Waals surface area contributed by atoms with Crippen molar-refractivity contribution in [1.29, 1.82) is 0 Å². The summed E-state index contributed by atoms with van der Waals surface area (Å²) < 4.78 is 14.3. The summed E-state index contributed by atoms with van der Waals surface area (Å²) in [6.45, 7) is 1.92. The van der Waals surface area contributed by atoms with Gasteiger partial charge in [0.25, 0.3) is 0 Å². The van der Waals surface area contributed by atoms with Crippen LogP contribution in [0.3, 0.4) is 0 Å². The third-order valence-electron chi connectivity index (χ3n) is 4.02. The molecule has 0 atom stereocenters. The average Bonchev–Trinajstić information content (AvgIpc) is 2.98. The van der Waals surface area contributed by atoms with E-state index >= 15 is 0 Å². The molecule has 21 heavy (non-hydrogen) atoms. The number of benzene rings is 1. The number of aromatic nitrogens is 2. The van der Waals surface area contributed by atoms with E-state index < -0.39 is 0 Å². The first-order chi connectivity index (χ1) is 10.1. The molecule has 1 aliphatic rings. The minimum absolute atomic E-state index is 0.291. The average molecular weight is 370 g/mol. The van der Waals surface area contributed by atoms with Crippen molar-refractivity contribution in [2.75, 3.05) is 0 Å². The SMILES string of the molecule is Cc1ccc(F)cc1-c1nc(Cl)c(Br)c(C2CCCC2)n1. The zero-order valence-electron chi connectivity index (χ0n) is 11.7. The zero-order chi connectivity index (χ0) is 15.0. The van der Waals surface area contributed by atoms with Crippen molar-refractivity contribution < 1.29 is 4.39 Å². The van der Waals surface area contributed by atoms with Gasteiger partial charge in [-0.05, 0) is 53.4 Å². The summed E-state index contributed by atoms with van der Waals surface area (Å²) >= 11 is 9.75. The maximum absolute atomic E-state index is 13.5. The largest absolute Gasteiger partial charge is 0.231 e. The lowest BCUT2D eigenvalue weighted by atomic mass is 10.0. The van der Waals surface area contributed by atoms with Crippen molar-refractivity contribution in [3.63, 3.8) is 0 Å². The van der Waals surface area contributed by atoms with Crippen LogP contribution < -0.4 is 0 Å². The van der Waals surface area contributed by atoms with Crippen LogP contribution in [-0.4, -0.2) is 9.97 Å². The van der Waals surface area contributed by atoms with E-state index in [2.05, 4.69) is 25.9 Å². The summed E-state index contributed by atoms with van der Waals surface area (Å²) in [5, 5.41) is 0.394. The standard InChI is InChI=1S/C16H15BrClFN2/c1-9-6-7-11(19)8-12(9)16-20-14(10-4-2-3-5-10)13(17)15(18)21-16/h6-8,10H,2-5H2,1H3. The Morgan fingerprint density at radius 1 is 1.24 bits per heavy atom. The fraction of sp³-hybridized carbons (Fsp3) is 0.375. The van der Waals surface area contributed by atoms with E-state index in [-0.39, 0.29) is 5.82 Å². The Morgan fingerprint density at radius 2 is 1.95 bits per heavy atom. The van der Waals surface area contributed by atoms with Gasteiger partial charge in [0.15, 0.2) is 5.82 Å². The normalized spacial score (nSPS) is 15.6. The first-order valence-electron chi connectivity index (χ1n) is 7.05. The third-order valence-corrected chi connectivity index (χ3v) is 5.30. The van der Waals surface area contributed by atoms with Crippen molar-refractivity contribution in [3.05, 3.63) is 44.9 Å². The predicted molar refractivity (Wildman–Crippen MR) is 86.1 cm³/mol. The van der Waals surface area contributed by atoms with Gasteiger partial charge in [0.2, 0.25) is 0 Å². The molecule has 0 unspecified atom stereocenters. The molecular formula is C16H15BrClFN2. The first kappa shape index (κ1) is 14.9. The van der Waals surface area contributed by atoms with Crippen LogP contribution in [0.1, 0.15) is 42.9 Å². The second kappa shape index (κ2) is 6.01. The molecule has 0 amide bonds. The van der Waals surface area contributed by atoms with Crippen molar-refractivity contribution in [1.82, 2.24) is 9.97 Å². The van der Waals surface area contributed by atoms with Crippen molar-refractivity contribution in [2.45, 2.75) is 38.5 Å². The molecule has 0 saturated heterocycles. The van der Waals surface area contributed by atoms with E-state index in [1.165, 1.54) is 25.0 Å². The molecule has 1 aliphatic carbocycles. The molecule has 0 radical (unpaired) electrons. The molecule has 2 nitrogen and oxygen atoms in total. The van der Waals surface area contributed by atoms with Gasteiger partial charge in [-0.15, -0.1) is 0 Å². The van der Waals surface area contributed by atoms with Crippen molar-refractivity contribution in [2.24, 2.45) is 0 Å². The van der Waals surface area contributed by atoms with E-state index in [0.717, 1.165) is 28.6 Å². The van der Waals surface area contributed by atoms with Crippen LogP contribution >= 0.6 is 27.5 Å². The highest BCUT2D eigenvalue weighted by atomic mass is 79.9. The maximum atomic E-state index is 13.5. The highest BCUT2D eigenvalue weighted by molar-refractivity contribution is 9.10. The number of rotatable bonds is 2. The van der Waals surface area contributed by atoms with Gasteiger partial charge in [-0.2, -0.15) is 0 Å². The van der Waals surface area contributed by atoms with E-state index in [4.69, 9.17) is 11.6 Å². The Bertz CT molecular complexity index is 684. The van der Waals surface area contributed by atoms with Crippen molar-refractivity contribution >= 4 is 27.5 Å². The summed E-state index contributed by atoms with van der Waals surface area (Å²) in [6.07, 6.45) is 4.67.